The van der Waals surface area contributed by atoms with Crippen molar-refractivity contribution in [2.45, 2.75) is 6.54 Å². The third kappa shape index (κ3) is 2.06. The van der Waals surface area contributed by atoms with Crippen molar-refractivity contribution in [1.82, 2.24) is 0 Å². The number of benzene rings is 1. The van der Waals surface area contributed by atoms with Crippen LogP contribution in [-0.2, 0) is 6.54 Å². The first kappa shape index (κ1) is 8.73. The fraction of sp³-hybridized carbons (Fsp3) is 0.143. The summed E-state index contributed by atoms with van der Waals surface area (Å²) in [4.78, 5) is 0. The molecule has 0 heterocycles. The van der Waals surface area contributed by atoms with Crippen LogP contribution >= 0.6 is 45.2 Å². The Morgan fingerprint density at radius 1 is 1.20 bits per heavy atom. The van der Waals surface area contributed by atoms with Crippen molar-refractivity contribution in [3.8, 4) is 0 Å². The maximum Gasteiger partial charge on any atom is 0.0267 e. The Morgan fingerprint density at radius 2 is 1.90 bits per heavy atom. The molecule has 0 atom stereocenters. The SMILES string of the molecule is NCc1ccc(I)c(I)c1. The second-order valence-corrected chi connectivity index (χ2v) is 4.28. The minimum atomic E-state index is 0.632. The minimum Gasteiger partial charge on any atom is -0.326 e. The molecule has 0 amide bonds. The van der Waals surface area contributed by atoms with Gasteiger partial charge in [0.15, 0.2) is 0 Å². The van der Waals surface area contributed by atoms with E-state index in [9.17, 15) is 0 Å². The molecular formula is C7H7I2N. The van der Waals surface area contributed by atoms with Crippen molar-refractivity contribution in [2.75, 3.05) is 0 Å². The van der Waals surface area contributed by atoms with Gasteiger partial charge in [-0.2, -0.15) is 0 Å². The normalized spacial score (nSPS) is 9.90. The Balaban J connectivity index is 3.04. The van der Waals surface area contributed by atoms with Gasteiger partial charge in [-0.15, -0.1) is 0 Å². The van der Waals surface area contributed by atoms with Crippen molar-refractivity contribution in [1.29, 1.82) is 0 Å². The summed E-state index contributed by atoms with van der Waals surface area (Å²) in [6, 6.07) is 6.26. The Hall–Kier alpha value is 0.640. The molecule has 1 nitrogen and oxygen atoms in total. The van der Waals surface area contributed by atoms with Crippen LogP contribution in [0.5, 0.6) is 0 Å². The highest BCUT2D eigenvalue weighted by atomic mass is 127. The molecule has 0 aliphatic carbocycles. The topological polar surface area (TPSA) is 26.0 Å². The van der Waals surface area contributed by atoms with E-state index in [1.807, 2.05) is 0 Å². The first-order chi connectivity index (χ1) is 4.74. The van der Waals surface area contributed by atoms with Crippen molar-refractivity contribution < 1.29 is 0 Å². The summed E-state index contributed by atoms with van der Waals surface area (Å²) < 4.78 is 2.57. The lowest BCUT2D eigenvalue weighted by Crippen LogP contribution is -1.96. The van der Waals surface area contributed by atoms with Crippen molar-refractivity contribution in [3.05, 3.63) is 30.9 Å². The van der Waals surface area contributed by atoms with E-state index >= 15 is 0 Å². The van der Waals surface area contributed by atoms with Crippen LogP contribution in [-0.4, -0.2) is 0 Å². The van der Waals surface area contributed by atoms with Crippen molar-refractivity contribution in [2.24, 2.45) is 5.73 Å². The number of nitrogens with two attached hydrogens (primary N) is 1. The van der Waals surface area contributed by atoms with Gasteiger partial charge in [-0.25, -0.2) is 0 Å². The van der Waals surface area contributed by atoms with Crippen LogP contribution in [0, 0.1) is 7.14 Å². The predicted octanol–water partition coefficient (Wildman–Crippen LogP) is 2.35. The molecule has 0 aliphatic heterocycles. The van der Waals surface area contributed by atoms with E-state index in [2.05, 4.69) is 63.4 Å². The van der Waals surface area contributed by atoms with Gasteiger partial charge in [0.2, 0.25) is 0 Å². The molecule has 1 aromatic rings. The molecule has 0 fully saturated rings. The second-order valence-electron chi connectivity index (χ2n) is 1.95. The summed E-state index contributed by atoms with van der Waals surface area (Å²) in [5, 5.41) is 0. The summed E-state index contributed by atoms with van der Waals surface area (Å²) in [7, 11) is 0. The minimum absolute atomic E-state index is 0.632. The van der Waals surface area contributed by atoms with E-state index in [1.165, 1.54) is 12.7 Å². The van der Waals surface area contributed by atoms with Crippen LogP contribution in [0.2, 0.25) is 0 Å². The van der Waals surface area contributed by atoms with Gasteiger partial charge in [0.1, 0.15) is 0 Å². The van der Waals surface area contributed by atoms with E-state index in [4.69, 9.17) is 5.73 Å². The summed E-state index contributed by atoms with van der Waals surface area (Å²) >= 11 is 4.62. The fourth-order valence-electron chi connectivity index (χ4n) is 0.667. The lowest BCUT2D eigenvalue weighted by molar-refractivity contribution is 1.07. The molecule has 3 heteroatoms. The van der Waals surface area contributed by atoms with Crippen LogP contribution in [0.1, 0.15) is 5.56 Å². The van der Waals surface area contributed by atoms with E-state index in [1.54, 1.807) is 0 Å². The Bertz CT molecular complexity index is 235. The van der Waals surface area contributed by atoms with Gasteiger partial charge >= 0.3 is 0 Å². The molecular weight excluding hydrogens is 352 g/mol. The highest BCUT2D eigenvalue weighted by Gasteiger charge is 1.95. The molecule has 0 unspecified atom stereocenters. The second kappa shape index (κ2) is 3.87. The molecule has 0 aromatic heterocycles. The molecule has 0 spiro atoms. The molecule has 1 rings (SSSR count). The number of hydrogen-bond donors (Lipinski definition) is 1. The summed E-state index contributed by atoms with van der Waals surface area (Å²) in [5.74, 6) is 0. The average Bonchev–Trinajstić information content (AvgIpc) is 1.95. The smallest absolute Gasteiger partial charge is 0.0267 e. The summed E-state index contributed by atoms with van der Waals surface area (Å²) in [6.07, 6.45) is 0. The average molecular weight is 359 g/mol. The maximum atomic E-state index is 5.46. The zero-order chi connectivity index (χ0) is 7.56. The third-order valence-electron chi connectivity index (χ3n) is 1.22. The lowest BCUT2D eigenvalue weighted by atomic mass is 10.2. The van der Waals surface area contributed by atoms with Crippen molar-refractivity contribution in [3.63, 3.8) is 0 Å². The molecule has 0 aliphatic rings. The first-order valence-corrected chi connectivity index (χ1v) is 5.04. The molecule has 0 saturated carbocycles. The Labute approximate surface area is 87.7 Å². The Kier molecular flexibility index (Phi) is 3.38. The van der Waals surface area contributed by atoms with Crippen LogP contribution in [0.4, 0.5) is 0 Å². The van der Waals surface area contributed by atoms with Crippen molar-refractivity contribution >= 4 is 45.2 Å². The van der Waals surface area contributed by atoms with Gasteiger partial charge < -0.3 is 5.73 Å². The van der Waals surface area contributed by atoms with Crippen LogP contribution in [0.25, 0.3) is 0 Å². The largest absolute Gasteiger partial charge is 0.326 e. The van der Waals surface area contributed by atoms with Crippen LogP contribution in [0.3, 0.4) is 0 Å². The van der Waals surface area contributed by atoms with E-state index in [0.29, 0.717) is 6.54 Å². The quantitative estimate of drug-likeness (QED) is 0.766. The van der Waals surface area contributed by atoms with Gasteiger partial charge in [0.05, 0.1) is 0 Å². The van der Waals surface area contributed by atoms with Gasteiger partial charge in [0.25, 0.3) is 0 Å². The Morgan fingerprint density at radius 3 is 2.40 bits per heavy atom. The molecule has 54 valence electrons. The van der Waals surface area contributed by atoms with E-state index in [-0.39, 0.29) is 0 Å². The molecule has 2 N–H and O–H groups in total. The van der Waals surface area contributed by atoms with Gasteiger partial charge in [-0.1, -0.05) is 6.07 Å². The molecule has 0 saturated heterocycles. The fourth-order valence-corrected chi connectivity index (χ4v) is 1.58. The third-order valence-corrected chi connectivity index (χ3v) is 4.08. The summed E-state index contributed by atoms with van der Waals surface area (Å²) in [5.41, 5.74) is 6.66. The van der Waals surface area contributed by atoms with Crippen LogP contribution in [0.15, 0.2) is 18.2 Å². The predicted molar refractivity (Wildman–Crippen MR) is 59.8 cm³/mol. The zero-order valence-corrected chi connectivity index (χ0v) is 9.59. The monoisotopic (exact) mass is 359 g/mol. The molecule has 0 bridgehead atoms. The number of rotatable bonds is 1. The first-order valence-electron chi connectivity index (χ1n) is 2.88. The molecule has 0 radical (unpaired) electrons. The lowest BCUT2D eigenvalue weighted by Gasteiger charge is -1.98. The highest BCUT2D eigenvalue weighted by Crippen LogP contribution is 2.15. The number of halogens is 2. The van der Waals surface area contributed by atoms with Gasteiger partial charge in [-0.3, -0.25) is 0 Å². The van der Waals surface area contributed by atoms with Gasteiger partial charge in [-0.05, 0) is 62.9 Å². The molecule has 10 heavy (non-hydrogen) atoms. The number of hydrogen-bond acceptors (Lipinski definition) is 1. The molecule has 1 aromatic carbocycles. The van der Waals surface area contributed by atoms with E-state index in [0.717, 1.165) is 0 Å². The van der Waals surface area contributed by atoms with E-state index < -0.39 is 0 Å². The van der Waals surface area contributed by atoms with Crippen LogP contribution < -0.4 is 5.73 Å². The highest BCUT2D eigenvalue weighted by molar-refractivity contribution is 14.1. The standard InChI is InChI=1S/C7H7I2N/c8-6-2-1-5(4-10)3-7(6)9/h1-3H,4,10H2. The van der Waals surface area contributed by atoms with Gasteiger partial charge in [0, 0.05) is 13.7 Å². The maximum absolute atomic E-state index is 5.46. The zero-order valence-electron chi connectivity index (χ0n) is 5.27. The summed E-state index contributed by atoms with van der Waals surface area (Å²) in [6.45, 7) is 0.632.